The minimum atomic E-state index is 0.373. The van der Waals surface area contributed by atoms with Crippen molar-refractivity contribution in [1.82, 2.24) is 10.4 Å². The van der Waals surface area contributed by atoms with Crippen molar-refractivity contribution in [3.63, 3.8) is 0 Å². The van der Waals surface area contributed by atoms with Crippen LogP contribution >= 0.6 is 12.2 Å². The van der Waals surface area contributed by atoms with Crippen molar-refractivity contribution in [3.8, 4) is 11.5 Å². The Bertz CT molecular complexity index is 662. The monoisotopic (exact) mass is 316 g/mol. The molecule has 0 aliphatic carbocycles. The molecule has 0 aliphatic rings. The lowest BCUT2D eigenvalue weighted by atomic mass is 10.3. The predicted molar refractivity (Wildman–Crippen MR) is 90.7 cm³/mol. The highest BCUT2D eigenvalue weighted by Gasteiger charge is 2.05. The Kier molecular flexibility index (Phi) is 5.67. The third kappa shape index (κ3) is 4.42. The fourth-order valence-corrected chi connectivity index (χ4v) is 1.86. The molecule has 6 nitrogen and oxygen atoms in total. The number of anilines is 1. The Balaban J connectivity index is 1.93. The maximum Gasteiger partial charge on any atom is 0.191 e. The molecule has 0 saturated heterocycles. The summed E-state index contributed by atoms with van der Waals surface area (Å²) in [5.41, 5.74) is 4.44. The van der Waals surface area contributed by atoms with Gasteiger partial charge in [-0.3, -0.25) is 10.4 Å². The van der Waals surface area contributed by atoms with Gasteiger partial charge in [-0.25, -0.2) is 0 Å². The van der Waals surface area contributed by atoms with Crippen molar-refractivity contribution in [1.29, 1.82) is 0 Å². The van der Waals surface area contributed by atoms with Gasteiger partial charge in [-0.2, -0.15) is 5.10 Å². The molecule has 22 heavy (non-hydrogen) atoms. The van der Waals surface area contributed by atoms with Crippen LogP contribution in [0.2, 0.25) is 0 Å². The summed E-state index contributed by atoms with van der Waals surface area (Å²) in [7, 11) is 3.17. The molecule has 0 aliphatic heterocycles. The van der Waals surface area contributed by atoms with Crippen molar-refractivity contribution in [2.24, 2.45) is 5.10 Å². The summed E-state index contributed by atoms with van der Waals surface area (Å²) in [5.74, 6) is 1.28. The topological polar surface area (TPSA) is 67.8 Å². The quantitative estimate of drug-likeness (QED) is 0.502. The molecule has 1 heterocycles. The molecule has 0 spiro atoms. The predicted octanol–water partition coefficient (Wildman–Crippen LogP) is 2.42. The van der Waals surface area contributed by atoms with Crippen molar-refractivity contribution < 1.29 is 9.47 Å². The zero-order chi connectivity index (χ0) is 15.8. The van der Waals surface area contributed by atoms with Gasteiger partial charge in [0.2, 0.25) is 0 Å². The molecule has 2 aromatic rings. The maximum atomic E-state index is 5.23. The van der Waals surface area contributed by atoms with Gasteiger partial charge >= 0.3 is 0 Å². The summed E-state index contributed by atoms with van der Waals surface area (Å²) in [6.45, 7) is 0. The molecule has 1 aromatic heterocycles. The first-order valence-corrected chi connectivity index (χ1v) is 6.86. The van der Waals surface area contributed by atoms with Crippen molar-refractivity contribution >= 4 is 29.2 Å². The van der Waals surface area contributed by atoms with Gasteiger partial charge in [-0.15, -0.1) is 0 Å². The van der Waals surface area contributed by atoms with E-state index in [-0.39, 0.29) is 0 Å². The number of aromatic nitrogens is 1. The van der Waals surface area contributed by atoms with Gasteiger partial charge < -0.3 is 14.8 Å². The van der Waals surface area contributed by atoms with E-state index >= 15 is 0 Å². The number of hydrogen-bond donors (Lipinski definition) is 2. The van der Waals surface area contributed by atoms with Crippen molar-refractivity contribution in [2.75, 3.05) is 19.5 Å². The fourth-order valence-electron chi connectivity index (χ4n) is 1.69. The molecule has 0 radical (unpaired) electrons. The zero-order valence-electron chi connectivity index (χ0n) is 12.2. The third-order valence-corrected chi connectivity index (χ3v) is 2.92. The lowest BCUT2D eigenvalue weighted by Crippen LogP contribution is -2.23. The minimum Gasteiger partial charge on any atom is -0.493 e. The lowest BCUT2D eigenvalue weighted by Gasteiger charge is -2.11. The molecule has 0 saturated carbocycles. The van der Waals surface area contributed by atoms with Crippen LogP contribution in [0.25, 0.3) is 0 Å². The second-order valence-electron chi connectivity index (χ2n) is 4.17. The number of thiocarbonyl (C=S) groups is 1. The van der Waals surface area contributed by atoms with Crippen LogP contribution < -0.4 is 20.2 Å². The van der Waals surface area contributed by atoms with Gasteiger partial charge in [0.05, 0.1) is 20.4 Å². The minimum absolute atomic E-state index is 0.373. The number of nitrogens with zero attached hydrogens (tertiary/aromatic N) is 2. The first-order chi connectivity index (χ1) is 10.7. The van der Waals surface area contributed by atoms with Gasteiger partial charge in [0.1, 0.15) is 0 Å². The molecular formula is C15H16N4O2S. The summed E-state index contributed by atoms with van der Waals surface area (Å²) in [6, 6.07) is 9.11. The summed E-state index contributed by atoms with van der Waals surface area (Å²) >= 11 is 5.17. The van der Waals surface area contributed by atoms with E-state index in [1.54, 1.807) is 45.0 Å². The van der Waals surface area contributed by atoms with Crippen LogP contribution in [-0.4, -0.2) is 30.5 Å². The molecule has 2 rings (SSSR count). The number of rotatable bonds is 5. The third-order valence-electron chi connectivity index (χ3n) is 2.73. The average Bonchev–Trinajstić information content (AvgIpc) is 2.55. The Hall–Kier alpha value is -2.67. The van der Waals surface area contributed by atoms with Crippen LogP contribution in [0.4, 0.5) is 5.69 Å². The van der Waals surface area contributed by atoms with E-state index in [2.05, 4.69) is 20.8 Å². The van der Waals surface area contributed by atoms with E-state index in [0.717, 1.165) is 11.3 Å². The Labute approximate surface area is 134 Å². The summed E-state index contributed by atoms with van der Waals surface area (Å²) < 4.78 is 10.4. The van der Waals surface area contributed by atoms with E-state index < -0.39 is 0 Å². The Morgan fingerprint density at radius 1 is 1.14 bits per heavy atom. The second kappa shape index (κ2) is 7.94. The molecule has 114 valence electrons. The standard InChI is InChI=1S/C15H16N4O2S/c1-20-13-4-3-12(9-14(13)21-2)18-15(22)19-17-10-11-5-7-16-8-6-11/h3-10H,1-2H3,(H2,18,19,22). The number of hydrazone groups is 1. The number of hydrogen-bond acceptors (Lipinski definition) is 5. The smallest absolute Gasteiger partial charge is 0.191 e. The zero-order valence-corrected chi connectivity index (χ0v) is 13.1. The first kappa shape index (κ1) is 15.7. The molecule has 0 atom stereocenters. The van der Waals surface area contributed by atoms with Crippen molar-refractivity contribution in [2.45, 2.75) is 0 Å². The highest BCUT2D eigenvalue weighted by molar-refractivity contribution is 7.80. The number of nitrogens with one attached hydrogen (secondary N) is 2. The lowest BCUT2D eigenvalue weighted by molar-refractivity contribution is 0.355. The second-order valence-corrected chi connectivity index (χ2v) is 4.58. The highest BCUT2D eigenvalue weighted by Crippen LogP contribution is 2.29. The SMILES string of the molecule is COc1ccc(NC(=S)NN=Cc2ccncc2)cc1OC. The van der Waals surface area contributed by atoms with Gasteiger partial charge in [0, 0.05) is 24.1 Å². The number of ether oxygens (including phenoxy) is 2. The number of benzene rings is 1. The van der Waals surface area contributed by atoms with Crippen LogP contribution in [0, 0.1) is 0 Å². The molecule has 1 aromatic carbocycles. The molecule has 0 amide bonds. The van der Waals surface area contributed by atoms with Gasteiger partial charge in [-0.1, -0.05) is 0 Å². The summed E-state index contributed by atoms with van der Waals surface area (Å²) in [5, 5.41) is 7.44. The van der Waals surface area contributed by atoms with Gasteiger partial charge in [0.15, 0.2) is 16.6 Å². The maximum absolute atomic E-state index is 5.23. The van der Waals surface area contributed by atoms with Crippen molar-refractivity contribution in [3.05, 3.63) is 48.3 Å². The van der Waals surface area contributed by atoms with Crippen LogP contribution in [0.1, 0.15) is 5.56 Å². The molecule has 7 heteroatoms. The largest absolute Gasteiger partial charge is 0.493 e. The van der Waals surface area contributed by atoms with E-state index in [4.69, 9.17) is 21.7 Å². The first-order valence-electron chi connectivity index (χ1n) is 6.45. The molecule has 0 unspecified atom stereocenters. The highest BCUT2D eigenvalue weighted by atomic mass is 32.1. The van der Waals surface area contributed by atoms with Crippen LogP contribution in [0.15, 0.2) is 47.8 Å². The van der Waals surface area contributed by atoms with Gasteiger partial charge in [0.25, 0.3) is 0 Å². The molecule has 0 fully saturated rings. The fraction of sp³-hybridized carbons (Fsp3) is 0.133. The van der Waals surface area contributed by atoms with Crippen LogP contribution in [0.5, 0.6) is 11.5 Å². The summed E-state index contributed by atoms with van der Waals surface area (Å²) in [4.78, 5) is 3.93. The van der Waals surface area contributed by atoms with E-state index in [1.807, 2.05) is 18.2 Å². The van der Waals surface area contributed by atoms with E-state index in [9.17, 15) is 0 Å². The molecule has 0 bridgehead atoms. The number of methoxy groups -OCH3 is 2. The summed E-state index contributed by atoms with van der Waals surface area (Å²) in [6.07, 6.45) is 5.05. The molecule has 2 N–H and O–H groups in total. The van der Waals surface area contributed by atoms with Crippen LogP contribution in [0.3, 0.4) is 0 Å². The van der Waals surface area contributed by atoms with Gasteiger partial charge in [-0.05, 0) is 42.0 Å². The Morgan fingerprint density at radius 2 is 1.86 bits per heavy atom. The number of pyridine rings is 1. The normalized spacial score (nSPS) is 10.3. The van der Waals surface area contributed by atoms with E-state index in [1.165, 1.54) is 0 Å². The average molecular weight is 316 g/mol. The van der Waals surface area contributed by atoms with E-state index in [0.29, 0.717) is 16.6 Å². The molecular weight excluding hydrogens is 300 g/mol. The van der Waals surface area contributed by atoms with Crippen LogP contribution in [-0.2, 0) is 0 Å². The Morgan fingerprint density at radius 3 is 2.55 bits per heavy atom.